The van der Waals surface area contributed by atoms with E-state index in [1.54, 1.807) is 7.11 Å². The Morgan fingerprint density at radius 3 is 2.71 bits per heavy atom. The van der Waals surface area contributed by atoms with Gasteiger partial charge in [0.25, 0.3) is 0 Å². The number of hydrogen-bond acceptors (Lipinski definition) is 4. The second-order valence-electron chi connectivity index (χ2n) is 6.29. The van der Waals surface area contributed by atoms with E-state index in [-0.39, 0.29) is 6.61 Å². The van der Waals surface area contributed by atoms with Gasteiger partial charge in [0.1, 0.15) is 5.75 Å². The molecule has 0 aliphatic carbocycles. The summed E-state index contributed by atoms with van der Waals surface area (Å²) in [5.74, 6) is -0.274. The molecule has 1 N–H and O–H groups in total. The average Bonchev–Trinajstić information content (AvgIpc) is 3.10. The van der Waals surface area contributed by atoms with Crippen molar-refractivity contribution in [1.82, 2.24) is 9.78 Å². The molecule has 1 heterocycles. The first kappa shape index (κ1) is 19.9. The normalized spacial score (nSPS) is 12.0. The first-order valence-electron chi connectivity index (χ1n) is 8.77. The second kappa shape index (κ2) is 8.91. The lowest BCUT2D eigenvalue weighted by molar-refractivity contribution is -0.149. The summed E-state index contributed by atoms with van der Waals surface area (Å²) in [7, 11) is 1.62. The number of halogens is 1. The van der Waals surface area contributed by atoms with Crippen LogP contribution in [0, 0.1) is 0 Å². The number of nitrogens with zero attached hydrogens (tertiary/aromatic N) is 2. The minimum atomic E-state index is -1.01. The van der Waals surface area contributed by atoms with E-state index in [1.165, 1.54) is 6.92 Å². The molecule has 0 saturated carbocycles. The van der Waals surface area contributed by atoms with Gasteiger partial charge in [0, 0.05) is 10.6 Å². The van der Waals surface area contributed by atoms with Crippen molar-refractivity contribution in [3.8, 4) is 17.0 Å². The van der Waals surface area contributed by atoms with Crippen LogP contribution in [0.2, 0.25) is 5.02 Å². The predicted octanol–water partition coefficient (Wildman–Crippen LogP) is 4.25. The minimum Gasteiger partial charge on any atom is -0.497 e. The van der Waals surface area contributed by atoms with E-state index in [1.807, 2.05) is 59.3 Å². The molecule has 6 nitrogen and oxygen atoms in total. The summed E-state index contributed by atoms with van der Waals surface area (Å²) in [6, 6.07) is 17.1. The maximum absolute atomic E-state index is 11.0. The van der Waals surface area contributed by atoms with E-state index in [0.717, 1.165) is 22.6 Å². The highest BCUT2D eigenvalue weighted by Crippen LogP contribution is 2.27. The zero-order chi connectivity index (χ0) is 20.1. The maximum atomic E-state index is 11.0. The standard InChI is InChI=1S/C21H21ClN2O4/c1-14(21(25)26)28-13-17-11-20(15-7-5-8-18(10-15)27-2)24(23-17)12-16-6-3-4-9-19(16)22/h3-11,14H,12-13H2,1-2H3,(H,25,26)/t14-/m0/s1. The largest absolute Gasteiger partial charge is 0.497 e. The summed E-state index contributed by atoms with van der Waals surface area (Å²) in [6.07, 6.45) is -0.908. The number of methoxy groups -OCH3 is 1. The van der Waals surface area contributed by atoms with Gasteiger partial charge in [-0.15, -0.1) is 0 Å². The highest BCUT2D eigenvalue weighted by molar-refractivity contribution is 6.31. The van der Waals surface area contributed by atoms with Crippen LogP contribution in [0.1, 0.15) is 18.2 Å². The zero-order valence-electron chi connectivity index (χ0n) is 15.6. The van der Waals surface area contributed by atoms with Crippen LogP contribution in [-0.4, -0.2) is 34.1 Å². The molecule has 0 amide bonds. The summed E-state index contributed by atoms with van der Waals surface area (Å²) in [5.41, 5.74) is 3.36. The van der Waals surface area contributed by atoms with Gasteiger partial charge in [-0.05, 0) is 36.8 Å². The topological polar surface area (TPSA) is 73.6 Å². The van der Waals surface area contributed by atoms with Crippen molar-refractivity contribution in [3.05, 3.63) is 70.9 Å². The Balaban J connectivity index is 1.95. The Labute approximate surface area is 168 Å². The smallest absolute Gasteiger partial charge is 0.332 e. The van der Waals surface area contributed by atoms with Crippen LogP contribution < -0.4 is 4.74 Å². The third-order valence-electron chi connectivity index (χ3n) is 4.30. The molecule has 0 radical (unpaired) electrons. The monoisotopic (exact) mass is 400 g/mol. The molecule has 0 unspecified atom stereocenters. The molecular formula is C21H21ClN2O4. The fraction of sp³-hybridized carbons (Fsp3) is 0.238. The van der Waals surface area contributed by atoms with E-state index in [9.17, 15) is 4.79 Å². The summed E-state index contributed by atoms with van der Waals surface area (Å²) < 4.78 is 12.5. The Bertz CT molecular complexity index is 971. The number of ether oxygens (including phenoxy) is 2. The quantitative estimate of drug-likeness (QED) is 0.611. The third kappa shape index (κ3) is 4.71. The van der Waals surface area contributed by atoms with E-state index < -0.39 is 12.1 Å². The van der Waals surface area contributed by atoms with Crippen molar-refractivity contribution in [1.29, 1.82) is 0 Å². The Morgan fingerprint density at radius 2 is 2.00 bits per heavy atom. The molecule has 0 aliphatic heterocycles. The van der Waals surface area contributed by atoms with Crippen molar-refractivity contribution in [2.24, 2.45) is 0 Å². The average molecular weight is 401 g/mol. The van der Waals surface area contributed by atoms with Gasteiger partial charge in [0.05, 0.1) is 31.6 Å². The number of carboxylic acids is 1. The van der Waals surface area contributed by atoms with Gasteiger partial charge in [0.2, 0.25) is 0 Å². The lowest BCUT2D eigenvalue weighted by atomic mass is 10.1. The van der Waals surface area contributed by atoms with Crippen LogP contribution in [0.15, 0.2) is 54.6 Å². The van der Waals surface area contributed by atoms with Gasteiger partial charge in [-0.3, -0.25) is 4.68 Å². The molecule has 1 aromatic heterocycles. The highest BCUT2D eigenvalue weighted by Gasteiger charge is 2.16. The molecule has 0 saturated heterocycles. The lowest BCUT2D eigenvalue weighted by Crippen LogP contribution is -2.19. The molecule has 0 bridgehead atoms. The van der Waals surface area contributed by atoms with Gasteiger partial charge in [-0.25, -0.2) is 4.79 Å². The SMILES string of the molecule is COc1cccc(-c2cc(CO[C@@H](C)C(=O)O)nn2Cc2ccccc2Cl)c1. The molecule has 0 aliphatic rings. The van der Waals surface area contributed by atoms with Crippen molar-refractivity contribution >= 4 is 17.6 Å². The van der Waals surface area contributed by atoms with E-state index >= 15 is 0 Å². The molecule has 0 fully saturated rings. The van der Waals surface area contributed by atoms with Gasteiger partial charge >= 0.3 is 5.97 Å². The van der Waals surface area contributed by atoms with Crippen molar-refractivity contribution in [2.75, 3.05) is 7.11 Å². The van der Waals surface area contributed by atoms with Crippen LogP contribution in [0.4, 0.5) is 0 Å². The first-order chi connectivity index (χ1) is 13.5. The predicted molar refractivity (Wildman–Crippen MR) is 107 cm³/mol. The fourth-order valence-electron chi connectivity index (χ4n) is 2.75. The molecule has 1 atom stereocenters. The molecule has 2 aromatic carbocycles. The fourth-order valence-corrected chi connectivity index (χ4v) is 2.94. The summed E-state index contributed by atoms with van der Waals surface area (Å²) in [4.78, 5) is 11.0. The van der Waals surface area contributed by atoms with Gasteiger partial charge in [0.15, 0.2) is 6.10 Å². The van der Waals surface area contributed by atoms with Gasteiger partial charge in [-0.2, -0.15) is 5.10 Å². The number of benzene rings is 2. The molecular weight excluding hydrogens is 380 g/mol. The molecule has 0 spiro atoms. The van der Waals surface area contributed by atoms with E-state index in [4.69, 9.17) is 26.2 Å². The van der Waals surface area contributed by atoms with Gasteiger partial charge < -0.3 is 14.6 Å². The Morgan fingerprint density at radius 1 is 1.21 bits per heavy atom. The minimum absolute atomic E-state index is 0.0972. The molecule has 28 heavy (non-hydrogen) atoms. The van der Waals surface area contributed by atoms with Crippen molar-refractivity contribution in [2.45, 2.75) is 26.2 Å². The number of carboxylic acid groups (broad SMARTS) is 1. The summed E-state index contributed by atoms with van der Waals surface area (Å²) >= 11 is 6.31. The molecule has 146 valence electrons. The van der Waals surface area contributed by atoms with E-state index in [0.29, 0.717) is 17.3 Å². The molecule has 3 rings (SSSR count). The summed E-state index contributed by atoms with van der Waals surface area (Å²) in [5, 5.41) is 14.3. The van der Waals surface area contributed by atoms with Gasteiger partial charge in [-0.1, -0.05) is 41.9 Å². The number of aromatic nitrogens is 2. The van der Waals surface area contributed by atoms with E-state index in [2.05, 4.69) is 5.10 Å². The van der Waals surface area contributed by atoms with Crippen molar-refractivity contribution < 1.29 is 19.4 Å². The first-order valence-corrected chi connectivity index (χ1v) is 9.14. The Hall–Kier alpha value is -2.83. The second-order valence-corrected chi connectivity index (χ2v) is 6.70. The number of hydrogen-bond donors (Lipinski definition) is 1. The van der Waals surface area contributed by atoms with Crippen LogP contribution >= 0.6 is 11.6 Å². The maximum Gasteiger partial charge on any atom is 0.332 e. The number of carbonyl (C=O) groups is 1. The number of aliphatic carboxylic acids is 1. The van der Waals surface area contributed by atoms with Crippen LogP contribution in [0.3, 0.4) is 0 Å². The zero-order valence-corrected chi connectivity index (χ0v) is 16.4. The van der Waals surface area contributed by atoms with Crippen molar-refractivity contribution in [3.63, 3.8) is 0 Å². The molecule has 7 heteroatoms. The van der Waals surface area contributed by atoms with Crippen LogP contribution in [0.5, 0.6) is 5.75 Å². The summed E-state index contributed by atoms with van der Waals surface area (Å²) in [6.45, 7) is 2.06. The third-order valence-corrected chi connectivity index (χ3v) is 4.67. The van der Waals surface area contributed by atoms with Crippen LogP contribution in [-0.2, 0) is 22.7 Å². The highest BCUT2D eigenvalue weighted by atomic mass is 35.5. The van der Waals surface area contributed by atoms with Crippen LogP contribution in [0.25, 0.3) is 11.3 Å². The number of rotatable bonds is 8. The lowest BCUT2D eigenvalue weighted by Gasteiger charge is -2.10. The molecule has 3 aromatic rings. The Kier molecular flexibility index (Phi) is 6.34.